The van der Waals surface area contributed by atoms with Crippen LogP contribution in [0.4, 0.5) is 13.9 Å². The van der Waals surface area contributed by atoms with E-state index in [9.17, 15) is 13.6 Å². The van der Waals surface area contributed by atoms with E-state index in [-0.39, 0.29) is 16.4 Å². The molecule has 0 aliphatic carbocycles. The van der Waals surface area contributed by atoms with Crippen molar-refractivity contribution in [2.75, 3.05) is 5.32 Å². The quantitative estimate of drug-likeness (QED) is 0.580. The van der Waals surface area contributed by atoms with Crippen molar-refractivity contribution in [3.63, 3.8) is 0 Å². The lowest BCUT2D eigenvalue weighted by atomic mass is 10.1. The molecule has 4 rings (SSSR count). The first kappa shape index (κ1) is 17.2. The summed E-state index contributed by atoms with van der Waals surface area (Å²) in [6.45, 7) is 1.84. The number of anilines is 1. The van der Waals surface area contributed by atoms with E-state index in [2.05, 4.69) is 20.4 Å². The van der Waals surface area contributed by atoms with Crippen molar-refractivity contribution in [3.05, 3.63) is 58.7 Å². The normalized spacial score (nSPS) is 11.1. The molecule has 0 aliphatic heterocycles. The number of nitrogens with zero attached hydrogens (tertiary/aromatic N) is 4. The van der Waals surface area contributed by atoms with Crippen molar-refractivity contribution < 1.29 is 13.6 Å². The second-order valence-electron chi connectivity index (χ2n) is 5.89. The number of hydrogen-bond donors (Lipinski definition) is 1. The number of rotatable bonds is 3. The van der Waals surface area contributed by atoms with Crippen LogP contribution in [0.25, 0.3) is 22.3 Å². The Morgan fingerprint density at radius 1 is 1.26 bits per heavy atom. The van der Waals surface area contributed by atoms with Crippen molar-refractivity contribution in [3.8, 4) is 11.3 Å². The topological polar surface area (TPSA) is 72.7 Å². The Balaban J connectivity index is 1.61. The first-order chi connectivity index (χ1) is 12.9. The number of hydrogen-bond acceptors (Lipinski definition) is 5. The van der Waals surface area contributed by atoms with Crippen molar-refractivity contribution in [1.82, 2.24) is 19.7 Å². The Morgan fingerprint density at radius 2 is 2.00 bits per heavy atom. The maximum Gasteiger partial charge on any atom is 0.259 e. The van der Waals surface area contributed by atoms with Crippen molar-refractivity contribution in [2.24, 2.45) is 7.05 Å². The van der Waals surface area contributed by atoms with Gasteiger partial charge in [0.05, 0.1) is 22.5 Å². The number of carbonyl (C=O) groups is 1. The smallest absolute Gasteiger partial charge is 0.259 e. The molecule has 9 heteroatoms. The summed E-state index contributed by atoms with van der Waals surface area (Å²) in [6.07, 6.45) is 1.45. The van der Waals surface area contributed by atoms with Gasteiger partial charge in [0, 0.05) is 24.0 Å². The van der Waals surface area contributed by atoms with E-state index in [1.165, 1.54) is 17.6 Å². The molecule has 3 aromatic heterocycles. The van der Waals surface area contributed by atoms with Gasteiger partial charge in [-0.1, -0.05) is 6.07 Å². The largest absolute Gasteiger partial charge is 0.298 e. The second-order valence-corrected chi connectivity index (χ2v) is 6.75. The SMILES string of the molecule is Cc1nn(C)c2ncc(C(=O)Nc3nc(-c4c(F)cccc4F)cs3)cc12. The van der Waals surface area contributed by atoms with Gasteiger partial charge in [-0.25, -0.2) is 18.7 Å². The number of carbonyl (C=O) groups excluding carboxylic acids is 1. The lowest BCUT2D eigenvalue weighted by Gasteiger charge is -2.03. The molecular weight excluding hydrogens is 372 g/mol. The van der Waals surface area contributed by atoms with Crippen molar-refractivity contribution >= 4 is 33.4 Å². The summed E-state index contributed by atoms with van der Waals surface area (Å²) in [5.74, 6) is -1.83. The zero-order chi connectivity index (χ0) is 19.1. The third kappa shape index (κ3) is 3.06. The number of halogens is 2. The molecule has 0 bridgehead atoms. The molecule has 0 aliphatic rings. The van der Waals surface area contributed by atoms with Gasteiger partial charge in [0.25, 0.3) is 5.91 Å². The second kappa shape index (κ2) is 6.51. The van der Waals surface area contributed by atoms with Gasteiger partial charge in [-0.3, -0.25) is 14.8 Å². The summed E-state index contributed by atoms with van der Waals surface area (Å²) in [5, 5.41) is 9.41. The summed E-state index contributed by atoms with van der Waals surface area (Å²) >= 11 is 1.08. The first-order valence-corrected chi connectivity index (χ1v) is 8.82. The van der Waals surface area contributed by atoms with Gasteiger partial charge in [0.1, 0.15) is 11.6 Å². The molecule has 0 unspecified atom stereocenters. The highest BCUT2D eigenvalue weighted by atomic mass is 32.1. The van der Waals surface area contributed by atoms with E-state index in [0.717, 1.165) is 34.5 Å². The number of fused-ring (bicyclic) bond motifs is 1. The van der Waals surface area contributed by atoms with E-state index in [1.807, 2.05) is 6.92 Å². The fourth-order valence-electron chi connectivity index (χ4n) is 2.79. The number of thiazole rings is 1. The van der Waals surface area contributed by atoms with Crippen LogP contribution >= 0.6 is 11.3 Å². The van der Waals surface area contributed by atoms with Crippen molar-refractivity contribution in [1.29, 1.82) is 0 Å². The summed E-state index contributed by atoms with van der Waals surface area (Å²) < 4.78 is 29.4. The highest BCUT2D eigenvalue weighted by molar-refractivity contribution is 7.14. The number of benzene rings is 1. The molecule has 0 saturated carbocycles. The van der Waals surface area contributed by atoms with Gasteiger partial charge in [0.15, 0.2) is 10.8 Å². The molecule has 3 heterocycles. The minimum Gasteiger partial charge on any atom is -0.298 e. The van der Waals surface area contributed by atoms with Crippen LogP contribution in [0.15, 0.2) is 35.8 Å². The summed E-state index contributed by atoms with van der Waals surface area (Å²) in [6, 6.07) is 5.30. The van der Waals surface area contributed by atoms with E-state index in [0.29, 0.717) is 11.2 Å². The van der Waals surface area contributed by atoms with Crippen LogP contribution in [0.3, 0.4) is 0 Å². The lowest BCUT2D eigenvalue weighted by molar-refractivity contribution is 0.102. The molecule has 136 valence electrons. The third-order valence-corrected chi connectivity index (χ3v) is 4.83. The minimum absolute atomic E-state index is 0.127. The Kier molecular flexibility index (Phi) is 4.15. The average molecular weight is 385 g/mol. The zero-order valence-corrected chi connectivity index (χ0v) is 15.1. The van der Waals surface area contributed by atoms with Crippen LogP contribution in [0.1, 0.15) is 16.1 Å². The summed E-state index contributed by atoms with van der Waals surface area (Å²) in [5.41, 5.74) is 1.69. The third-order valence-electron chi connectivity index (χ3n) is 4.07. The monoisotopic (exact) mass is 385 g/mol. The molecule has 1 N–H and O–H groups in total. The average Bonchev–Trinajstić information content (AvgIpc) is 3.19. The number of nitrogens with one attached hydrogen (secondary N) is 1. The molecule has 0 fully saturated rings. The van der Waals surface area contributed by atoms with Crippen molar-refractivity contribution in [2.45, 2.75) is 6.92 Å². The predicted octanol–water partition coefficient (Wildman–Crippen LogP) is 3.93. The fourth-order valence-corrected chi connectivity index (χ4v) is 3.49. The highest BCUT2D eigenvalue weighted by Crippen LogP contribution is 2.29. The summed E-state index contributed by atoms with van der Waals surface area (Å²) in [7, 11) is 1.78. The highest BCUT2D eigenvalue weighted by Gasteiger charge is 2.17. The van der Waals surface area contributed by atoms with Gasteiger partial charge in [0.2, 0.25) is 0 Å². The first-order valence-electron chi connectivity index (χ1n) is 7.94. The molecule has 0 saturated heterocycles. The van der Waals surface area contributed by atoms with Gasteiger partial charge < -0.3 is 0 Å². The van der Waals surface area contributed by atoms with Crippen LogP contribution < -0.4 is 5.32 Å². The maximum absolute atomic E-state index is 13.9. The van der Waals surface area contributed by atoms with E-state index in [1.54, 1.807) is 17.8 Å². The van der Waals surface area contributed by atoms with E-state index < -0.39 is 17.5 Å². The maximum atomic E-state index is 13.9. The number of aryl methyl sites for hydroxylation is 2. The van der Waals surface area contributed by atoms with Gasteiger partial charge >= 0.3 is 0 Å². The fraction of sp³-hybridized carbons (Fsp3) is 0.111. The lowest BCUT2D eigenvalue weighted by Crippen LogP contribution is -2.12. The minimum atomic E-state index is -0.708. The molecule has 0 radical (unpaired) electrons. The molecule has 0 atom stereocenters. The van der Waals surface area contributed by atoms with Gasteiger partial charge in [-0.15, -0.1) is 11.3 Å². The van der Waals surface area contributed by atoms with Crippen LogP contribution in [-0.2, 0) is 7.05 Å². The number of amides is 1. The zero-order valence-electron chi connectivity index (χ0n) is 14.3. The van der Waals surface area contributed by atoms with Crippen LogP contribution in [0.2, 0.25) is 0 Å². The molecule has 27 heavy (non-hydrogen) atoms. The van der Waals surface area contributed by atoms with E-state index in [4.69, 9.17) is 0 Å². The molecule has 1 amide bonds. The van der Waals surface area contributed by atoms with Gasteiger partial charge in [-0.05, 0) is 25.1 Å². The Morgan fingerprint density at radius 3 is 2.74 bits per heavy atom. The summed E-state index contributed by atoms with van der Waals surface area (Å²) in [4.78, 5) is 20.9. The molecule has 6 nitrogen and oxygen atoms in total. The number of aromatic nitrogens is 4. The van der Waals surface area contributed by atoms with Crippen LogP contribution in [0.5, 0.6) is 0 Å². The van der Waals surface area contributed by atoms with Crippen LogP contribution in [0, 0.1) is 18.6 Å². The standard InChI is InChI=1S/C18H13F2N5OS/c1-9-11-6-10(7-21-16(11)25(2)24-9)17(26)23-18-22-14(8-27-18)15-12(19)4-3-5-13(15)20/h3-8H,1-2H3,(H,22,23,26). The van der Waals surface area contributed by atoms with E-state index >= 15 is 0 Å². The predicted molar refractivity (Wildman–Crippen MR) is 98.7 cm³/mol. The molecule has 4 aromatic rings. The Hall–Kier alpha value is -3.20. The van der Waals surface area contributed by atoms with Gasteiger partial charge in [-0.2, -0.15) is 5.10 Å². The molecule has 1 aromatic carbocycles. The Labute approximate surface area is 156 Å². The number of pyridine rings is 1. The molecule has 0 spiro atoms. The van der Waals surface area contributed by atoms with Crippen LogP contribution in [-0.4, -0.2) is 25.7 Å². The molecular formula is C18H13F2N5OS. The Bertz CT molecular complexity index is 1160.